The largest absolute Gasteiger partial charge is 0.332 e. The summed E-state index contributed by atoms with van der Waals surface area (Å²) in [4.78, 5) is 12.7. The highest BCUT2D eigenvalue weighted by atomic mass is 32.2. The van der Waals surface area contributed by atoms with E-state index in [1.165, 1.54) is 27.8 Å². The minimum absolute atomic E-state index is 0.0762. The Balaban J connectivity index is 1.36. The van der Waals surface area contributed by atoms with E-state index in [1.807, 2.05) is 32.0 Å². The summed E-state index contributed by atoms with van der Waals surface area (Å²) in [6.07, 6.45) is 8.73. The first kappa shape index (κ1) is 22.8. The average Bonchev–Trinajstić information content (AvgIpc) is 3.36. The number of amides is 2. The Morgan fingerprint density at radius 2 is 1.59 bits per heavy atom. The Kier molecular flexibility index (Phi) is 6.61. The Bertz CT molecular complexity index is 1060. The molecule has 6 heteroatoms. The lowest BCUT2D eigenvalue weighted by molar-refractivity contribution is 0.256. The van der Waals surface area contributed by atoms with E-state index in [2.05, 4.69) is 28.2 Å². The molecule has 0 aromatic heterocycles. The van der Waals surface area contributed by atoms with Gasteiger partial charge in [0, 0.05) is 5.69 Å². The summed E-state index contributed by atoms with van der Waals surface area (Å²) in [6.45, 7) is 3.90. The third-order valence-corrected chi connectivity index (χ3v) is 8.36. The molecule has 0 atom stereocenters. The SMILES string of the molecule is CC(C)(CCCc1ccccc1)CS(=O)(=O)NC(=O)Nc1c2c(cc3c1CCC3)CCC2. The van der Waals surface area contributed by atoms with Crippen molar-refractivity contribution < 1.29 is 13.2 Å². The molecule has 32 heavy (non-hydrogen) atoms. The number of sulfonamides is 1. The van der Waals surface area contributed by atoms with Crippen LogP contribution >= 0.6 is 0 Å². The van der Waals surface area contributed by atoms with Crippen LogP contribution in [0.5, 0.6) is 0 Å². The number of benzene rings is 2. The van der Waals surface area contributed by atoms with Gasteiger partial charge in [-0.25, -0.2) is 17.9 Å². The van der Waals surface area contributed by atoms with Gasteiger partial charge in [0.05, 0.1) is 5.75 Å². The van der Waals surface area contributed by atoms with Gasteiger partial charge in [-0.3, -0.25) is 0 Å². The number of fused-ring (bicyclic) bond motifs is 2. The van der Waals surface area contributed by atoms with Crippen molar-refractivity contribution in [2.45, 2.75) is 71.6 Å². The summed E-state index contributed by atoms with van der Waals surface area (Å²) < 4.78 is 27.8. The normalized spacial score (nSPS) is 15.3. The van der Waals surface area contributed by atoms with Gasteiger partial charge >= 0.3 is 6.03 Å². The number of nitrogens with one attached hydrogen (secondary N) is 2. The van der Waals surface area contributed by atoms with Gasteiger partial charge in [-0.05, 0) is 91.0 Å². The fraction of sp³-hybridized carbons (Fsp3) is 0.500. The van der Waals surface area contributed by atoms with E-state index < -0.39 is 21.5 Å². The molecule has 2 amide bonds. The van der Waals surface area contributed by atoms with Crippen LogP contribution in [0.3, 0.4) is 0 Å². The van der Waals surface area contributed by atoms with Crippen LogP contribution in [0.15, 0.2) is 36.4 Å². The third-order valence-electron chi connectivity index (χ3n) is 6.70. The van der Waals surface area contributed by atoms with E-state index in [4.69, 9.17) is 0 Å². The molecule has 2 aliphatic carbocycles. The first-order valence-corrected chi connectivity index (χ1v) is 13.4. The monoisotopic (exact) mass is 454 g/mol. The minimum Gasteiger partial charge on any atom is -0.307 e. The smallest absolute Gasteiger partial charge is 0.307 e. The molecule has 5 nitrogen and oxygen atoms in total. The average molecular weight is 455 g/mol. The summed E-state index contributed by atoms with van der Waals surface area (Å²) in [7, 11) is -3.74. The molecule has 0 fully saturated rings. The van der Waals surface area contributed by atoms with Gasteiger partial charge in [0.1, 0.15) is 0 Å². The molecule has 0 radical (unpaired) electrons. The van der Waals surface area contributed by atoms with Crippen LogP contribution in [-0.2, 0) is 42.1 Å². The molecule has 0 saturated carbocycles. The van der Waals surface area contributed by atoms with Gasteiger partial charge in [0.2, 0.25) is 10.0 Å². The number of hydrogen-bond acceptors (Lipinski definition) is 3. The Hall–Kier alpha value is -2.34. The van der Waals surface area contributed by atoms with Gasteiger partial charge in [0.15, 0.2) is 0 Å². The van der Waals surface area contributed by atoms with E-state index >= 15 is 0 Å². The Morgan fingerprint density at radius 1 is 0.969 bits per heavy atom. The molecular formula is C26H34N2O3S. The van der Waals surface area contributed by atoms with Crippen molar-refractivity contribution in [1.82, 2.24) is 4.72 Å². The maximum Gasteiger partial charge on any atom is 0.332 e. The number of hydrogen-bond donors (Lipinski definition) is 2. The zero-order valence-electron chi connectivity index (χ0n) is 19.2. The summed E-state index contributed by atoms with van der Waals surface area (Å²) in [6, 6.07) is 11.9. The van der Waals surface area contributed by atoms with Crippen molar-refractivity contribution in [3.63, 3.8) is 0 Å². The van der Waals surface area contributed by atoms with Crippen LogP contribution in [0.25, 0.3) is 0 Å². The van der Waals surface area contributed by atoms with Crippen molar-refractivity contribution in [2.24, 2.45) is 5.41 Å². The zero-order chi connectivity index (χ0) is 22.8. The fourth-order valence-corrected chi connectivity index (χ4v) is 6.86. The van der Waals surface area contributed by atoms with Crippen LogP contribution in [0.1, 0.15) is 67.3 Å². The molecule has 172 valence electrons. The first-order valence-electron chi connectivity index (χ1n) is 11.7. The van der Waals surface area contributed by atoms with Gasteiger partial charge in [-0.15, -0.1) is 0 Å². The number of aryl methyl sites for hydroxylation is 3. The predicted octanol–water partition coefficient (Wildman–Crippen LogP) is 5.16. The molecule has 4 rings (SSSR count). The first-order chi connectivity index (χ1) is 15.2. The molecule has 0 bridgehead atoms. The quantitative estimate of drug-likeness (QED) is 0.578. The molecular weight excluding hydrogens is 420 g/mol. The van der Waals surface area contributed by atoms with E-state index in [1.54, 1.807) is 0 Å². The van der Waals surface area contributed by atoms with Crippen molar-refractivity contribution in [1.29, 1.82) is 0 Å². The Morgan fingerprint density at radius 3 is 2.22 bits per heavy atom. The van der Waals surface area contributed by atoms with Gasteiger partial charge in [-0.1, -0.05) is 50.2 Å². The fourth-order valence-electron chi connectivity index (χ4n) is 5.29. The van der Waals surface area contributed by atoms with Crippen molar-refractivity contribution in [3.05, 3.63) is 64.2 Å². The molecule has 0 heterocycles. The second kappa shape index (κ2) is 9.26. The summed E-state index contributed by atoms with van der Waals surface area (Å²) in [5.74, 6) is -0.0762. The highest BCUT2D eigenvalue weighted by Gasteiger charge is 2.29. The number of rotatable bonds is 8. The molecule has 2 aliphatic rings. The van der Waals surface area contributed by atoms with Crippen molar-refractivity contribution in [3.8, 4) is 0 Å². The van der Waals surface area contributed by atoms with Crippen molar-refractivity contribution >= 4 is 21.7 Å². The molecule has 2 aromatic carbocycles. The molecule has 0 saturated heterocycles. The number of carbonyl (C=O) groups is 1. The molecule has 2 N–H and O–H groups in total. The van der Waals surface area contributed by atoms with Crippen LogP contribution in [-0.4, -0.2) is 20.2 Å². The lowest BCUT2D eigenvalue weighted by atomic mass is 9.88. The molecule has 0 aliphatic heterocycles. The van der Waals surface area contributed by atoms with Crippen LogP contribution in [0, 0.1) is 5.41 Å². The second-order valence-electron chi connectivity index (χ2n) is 10.1. The maximum absolute atomic E-state index is 12.8. The van der Waals surface area contributed by atoms with E-state index in [-0.39, 0.29) is 5.75 Å². The highest BCUT2D eigenvalue weighted by molar-refractivity contribution is 7.90. The lowest BCUT2D eigenvalue weighted by Gasteiger charge is -2.24. The predicted molar refractivity (Wildman–Crippen MR) is 130 cm³/mol. The number of carbonyl (C=O) groups excluding carboxylic acids is 1. The summed E-state index contributed by atoms with van der Waals surface area (Å²) in [5.41, 5.74) is 6.70. The van der Waals surface area contributed by atoms with E-state index in [9.17, 15) is 13.2 Å². The van der Waals surface area contributed by atoms with Crippen molar-refractivity contribution in [2.75, 3.05) is 11.1 Å². The molecule has 0 spiro atoms. The van der Waals surface area contributed by atoms with Gasteiger partial charge < -0.3 is 5.32 Å². The third kappa shape index (κ3) is 5.52. The second-order valence-corrected chi connectivity index (χ2v) is 11.8. The molecule has 0 unspecified atom stereocenters. The van der Waals surface area contributed by atoms with Crippen LogP contribution in [0.2, 0.25) is 0 Å². The number of anilines is 1. The highest BCUT2D eigenvalue weighted by Crippen LogP contribution is 2.38. The minimum atomic E-state index is -3.74. The maximum atomic E-state index is 12.8. The molecule has 2 aromatic rings. The zero-order valence-corrected chi connectivity index (χ0v) is 20.0. The topological polar surface area (TPSA) is 75.3 Å². The number of urea groups is 1. The van der Waals surface area contributed by atoms with Gasteiger partial charge in [-0.2, -0.15) is 0 Å². The van der Waals surface area contributed by atoms with E-state index in [0.717, 1.165) is 63.5 Å². The van der Waals surface area contributed by atoms with Crippen LogP contribution < -0.4 is 10.0 Å². The van der Waals surface area contributed by atoms with E-state index in [0.29, 0.717) is 0 Å². The summed E-state index contributed by atoms with van der Waals surface area (Å²) in [5, 5.41) is 2.92. The standard InChI is InChI=1S/C26H34N2O3S/c1-26(2,16-8-11-19-9-4-3-5-10-19)18-32(30,31)28-25(29)27-24-22-14-6-12-20(22)17-21-13-7-15-23(21)24/h3-5,9-10,17H,6-8,11-16,18H2,1-2H3,(H2,27,28,29). The summed E-state index contributed by atoms with van der Waals surface area (Å²) >= 11 is 0. The van der Waals surface area contributed by atoms with Crippen LogP contribution in [0.4, 0.5) is 10.5 Å². The Labute approximate surface area is 192 Å². The van der Waals surface area contributed by atoms with Gasteiger partial charge in [0.25, 0.3) is 0 Å². The lowest BCUT2D eigenvalue weighted by Crippen LogP contribution is -2.40.